The molecule has 0 heterocycles. The highest BCUT2D eigenvalue weighted by molar-refractivity contribution is 5.73. The summed E-state index contributed by atoms with van der Waals surface area (Å²) in [5, 5.41) is 8.48. The first-order valence-electron chi connectivity index (χ1n) is 7.40. The summed E-state index contributed by atoms with van der Waals surface area (Å²) in [6.07, 6.45) is 0.432. The Balaban J connectivity index is -0.000000249. The molecule has 0 saturated carbocycles. The van der Waals surface area contributed by atoms with E-state index < -0.39 is 12.1 Å². The summed E-state index contributed by atoms with van der Waals surface area (Å²) in [6.45, 7) is 11.3. The van der Waals surface area contributed by atoms with Crippen molar-refractivity contribution in [2.24, 2.45) is 0 Å². The van der Waals surface area contributed by atoms with Gasteiger partial charge in [-0.2, -0.15) is 0 Å². The zero-order valence-corrected chi connectivity index (χ0v) is 14.5. The van der Waals surface area contributed by atoms with Crippen LogP contribution in [0.3, 0.4) is 0 Å². The molecule has 0 aliphatic carbocycles. The van der Waals surface area contributed by atoms with Crippen LogP contribution in [0.15, 0.2) is 0 Å². The Kier molecular flexibility index (Phi) is 22.3. The lowest BCUT2D eigenvalue weighted by Gasteiger charge is -2.01. The average Bonchev–Trinajstić information content (AvgIpc) is 2.40. The van der Waals surface area contributed by atoms with Crippen LogP contribution in [0.1, 0.15) is 54.4 Å². The van der Waals surface area contributed by atoms with Crippen molar-refractivity contribution in [1.29, 1.82) is 0 Å². The van der Waals surface area contributed by atoms with E-state index in [9.17, 15) is 14.4 Å². The Hall–Kier alpha value is -1.63. The number of aliphatic hydroxyl groups excluding tert-OH is 1. The first-order valence-corrected chi connectivity index (χ1v) is 7.40. The quantitative estimate of drug-likeness (QED) is 0.588. The monoisotopic (exact) mass is 322 g/mol. The van der Waals surface area contributed by atoms with E-state index in [1.807, 2.05) is 13.8 Å². The van der Waals surface area contributed by atoms with E-state index in [1.54, 1.807) is 13.8 Å². The zero-order valence-electron chi connectivity index (χ0n) is 14.5. The van der Waals surface area contributed by atoms with Crippen LogP contribution in [0.2, 0.25) is 0 Å². The van der Waals surface area contributed by atoms with Crippen LogP contribution >= 0.6 is 0 Å². The molecule has 0 aliphatic rings. The molecule has 7 nitrogen and oxygen atoms in total. The van der Waals surface area contributed by atoms with Gasteiger partial charge in [-0.25, -0.2) is 4.79 Å². The van der Waals surface area contributed by atoms with Gasteiger partial charge in [-0.3, -0.25) is 9.59 Å². The summed E-state index contributed by atoms with van der Waals surface area (Å²) in [7, 11) is 0. The highest BCUT2D eigenvalue weighted by atomic mass is 16.5. The van der Waals surface area contributed by atoms with Gasteiger partial charge in [0.15, 0.2) is 0 Å². The van der Waals surface area contributed by atoms with Gasteiger partial charge in [0, 0.05) is 13.3 Å². The van der Waals surface area contributed by atoms with E-state index in [1.165, 1.54) is 13.8 Å². The maximum Gasteiger partial charge on any atom is 0.334 e. The molecule has 0 saturated heterocycles. The summed E-state index contributed by atoms with van der Waals surface area (Å²) in [6, 6.07) is 0. The Labute approximate surface area is 132 Å². The van der Waals surface area contributed by atoms with E-state index in [4.69, 9.17) is 5.11 Å². The minimum absolute atomic E-state index is 0.0880. The second-order valence-corrected chi connectivity index (χ2v) is 3.91. The predicted molar refractivity (Wildman–Crippen MR) is 82.2 cm³/mol. The molecular weight excluding hydrogens is 292 g/mol. The fraction of sp³-hybridized carbons (Fsp3) is 0.800. The second kappa shape index (κ2) is 19.4. The molecule has 22 heavy (non-hydrogen) atoms. The smallest absolute Gasteiger partial charge is 0.334 e. The topological polar surface area (TPSA) is 99.1 Å². The van der Waals surface area contributed by atoms with Crippen molar-refractivity contribution < 1.29 is 33.7 Å². The summed E-state index contributed by atoms with van der Waals surface area (Å²) in [4.78, 5) is 30.5. The van der Waals surface area contributed by atoms with Crippen molar-refractivity contribution >= 4 is 17.9 Å². The molecule has 0 bridgehead atoms. The number of hydrogen-bond donors (Lipinski definition) is 1. The fourth-order valence-corrected chi connectivity index (χ4v) is 0.903. The molecule has 132 valence electrons. The lowest BCUT2D eigenvalue weighted by Crippen LogP contribution is -2.18. The highest BCUT2D eigenvalue weighted by Crippen LogP contribution is 1.89. The van der Waals surface area contributed by atoms with E-state index in [2.05, 4.69) is 14.2 Å². The molecule has 1 unspecified atom stereocenters. The summed E-state index contributed by atoms with van der Waals surface area (Å²) in [5.41, 5.74) is 0. The van der Waals surface area contributed by atoms with Crippen LogP contribution in [0.25, 0.3) is 0 Å². The van der Waals surface area contributed by atoms with Gasteiger partial charge in [-0.1, -0.05) is 6.92 Å². The predicted octanol–water partition coefficient (Wildman–Crippen LogP) is 1.85. The number of aliphatic hydroxyl groups is 1. The van der Waals surface area contributed by atoms with Gasteiger partial charge in [0.25, 0.3) is 0 Å². The normalized spacial score (nSPS) is 9.95. The molecule has 1 N–H and O–H groups in total. The van der Waals surface area contributed by atoms with E-state index in [-0.39, 0.29) is 11.9 Å². The molecule has 0 aliphatic heterocycles. The minimum Gasteiger partial charge on any atom is -0.466 e. The molecule has 0 fully saturated rings. The number of rotatable bonds is 6. The van der Waals surface area contributed by atoms with E-state index in [0.717, 1.165) is 6.42 Å². The maximum atomic E-state index is 10.4. The van der Waals surface area contributed by atoms with Gasteiger partial charge in [0.2, 0.25) is 0 Å². The Morgan fingerprint density at radius 3 is 1.55 bits per heavy atom. The average molecular weight is 322 g/mol. The van der Waals surface area contributed by atoms with Gasteiger partial charge >= 0.3 is 17.9 Å². The van der Waals surface area contributed by atoms with Crippen LogP contribution in [0.4, 0.5) is 0 Å². The van der Waals surface area contributed by atoms with Gasteiger partial charge in [-0.05, 0) is 34.1 Å². The summed E-state index contributed by atoms with van der Waals surface area (Å²) >= 11 is 0. The fourth-order valence-electron chi connectivity index (χ4n) is 0.903. The molecule has 0 amide bonds. The van der Waals surface area contributed by atoms with Crippen molar-refractivity contribution in [3.63, 3.8) is 0 Å². The molecule has 1 atom stereocenters. The molecular formula is C15H30O7. The number of ether oxygens (including phenoxy) is 3. The Morgan fingerprint density at radius 1 is 0.909 bits per heavy atom. The zero-order chi connectivity index (χ0) is 18.0. The third-order valence-electron chi connectivity index (χ3n) is 1.73. The molecule has 0 aromatic carbocycles. The molecule has 0 rings (SSSR count). The molecule has 7 heteroatoms. The van der Waals surface area contributed by atoms with Gasteiger partial charge in [0.05, 0.1) is 19.8 Å². The summed E-state index contributed by atoms with van der Waals surface area (Å²) in [5.74, 6) is -0.861. The van der Waals surface area contributed by atoms with Crippen LogP contribution in [-0.4, -0.2) is 48.9 Å². The number of hydrogen-bond acceptors (Lipinski definition) is 7. The maximum absolute atomic E-state index is 10.4. The first kappa shape index (κ1) is 25.3. The lowest BCUT2D eigenvalue weighted by atomic mass is 10.3. The van der Waals surface area contributed by atoms with Crippen LogP contribution < -0.4 is 0 Å². The number of esters is 3. The van der Waals surface area contributed by atoms with Crippen molar-refractivity contribution in [2.45, 2.75) is 60.5 Å². The van der Waals surface area contributed by atoms with Gasteiger partial charge < -0.3 is 19.3 Å². The van der Waals surface area contributed by atoms with Gasteiger partial charge in [-0.15, -0.1) is 0 Å². The van der Waals surface area contributed by atoms with Crippen molar-refractivity contribution in [1.82, 2.24) is 0 Å². The molecule has 0 aromatic heterocycles. The second-order valence-electron chi connectivity index (χ2n) is 3.91. The highest BCUT2D eigenvalue weighted by Gasteiger charge is 2.07. The molecule has 0 aromatic rings. The standard InChI is InChI=1S/C6H12O2.C5H10O3.C4H8O2/c1-3-5-6(7)8-4-2;1-3-8-5(7)4(2)6;1-3-6-4(2)5/h3-5H2,1-2H3;4,6H,3H2,1-2H3;3H2,1-2H3. The van der Waals surface area contributed by atoms with Crippen molar-refractivity contribution in [3.05, 3.63) is 0 Å². The van der Waals surface area contributed by atoms with Crippen molar-refractivity contribution in [3.8, 4) is 0 Å². The molecule has 0 radical (unpaired) electrons. The van der Waals surface area contributed by atoms with Crippen LogP contribution in [0, 0.1) is 0 Å². The largest absolute Gasteiger partial charge is 0.466 e. The SMILES string of the molecule is CCCC(=O)OCC.CCOC(=O)C(C)O.CCOC(C)=O. The number of carbonyl (C=O) groups is 3. The summed E-state index contributed by atoms with van der Waals surface area (Å²) < 4.78 is 13.5. The molecule has 0 spiro atoms. The third-order valence-corrected chi connectivity index (χ3v) is 1.73. The Morgan fingerprint density at radius 2 is 1.36 bits per heavy atom. The van der Waals surface area contributed by atoms with E-state index >= 15 is 0 Å². The van der Waals surface area contributed by atoms with Crippen molar-refractivity contribution in [2.75, 3.05) is 19.8 Å². The first-order chi connectivity index (χ1) is 10.3. The van der Waals surface area contributed by atoms with Crippen LogP contribution in [0.5, 0.6) is 0 Å². The Bertz CT molecular complexity index is 280. The number of carbonyl (C=O) groups excluding carboxylic acids is 3. The lowest BCUT2D eigenvalue weighted by molar-refractivity contribution is -0.152. The minimum atomic E-state index is -0.991. The van der Waals surface area contributed by atoms with Crippen LogP contribution in [-0.2, 0) is 28.6 Å². The van der Waals surface area contributed by atoms with E-state index in [0.29, 0.717) is 26.2 Å². The third kappa shape index (κ3) is 26.8. The van der Waals surface area contributed by atoms with Gasteiger partial charge in [0.1, 0.15) is 6.10 Å².